The van der Waals surface area contributed by atoms with Crippen LogP contribution in [0.1, 0.15) is 19.8 Å². The molecule has 0 radical (unpaired) electrons. The minimum absolute atomic E-state index is 0. The molecule has 1 saturated carbocycles. The Bertz CT molecular complexity index is 593. The Balaban J connectivity index is 0.00000200. The summed E-state index contributed by atoms with van der Waals surface area (Å²) in [6.45, 7) is 2.11. The molecule has 1 aromatic rings. The van der Waals surface area contributed by atoms with Gasteiger partial charge in [-0.2, -0.15) is 0 Å². The standard InChI is InChI=1S/C12H16BrClN2O2S.ClH/c1-12(7-15,8-2-3-8)16-19(17,18)11-5-4-9(13)6-10(11)14;/h4-6,8,16H,2-3,7,15H2,1H3;1H. The first-order chi connectivity index (χ1) is 8.78. The van der Waals surface area contributed by atoms with Crippen molar-refractivity contribution in [1.82, 2.24) is 4.72 Å². The van der Waals surface area contributed by atoms with Gasteiger partial charge in [0.1, 0.15) is 4.90 Å². The SMILES string of the molecule is CC(CN)(NS(=O)(=O)c1ccc(Br)cc1Cl)C1CC1.Cl. The molecule has 2 rings (SSSR count). The van der Waals surface area contributed by atoms with Crippen LogP contribution in [0.4, 0.5) is 0 Å². The molecule has 1 fully saturated rings. The lowest BCUT2D eigenvalue weighted by Gasteiger charge is -2.29. The Morgan fingerprint density at radius 3 is 2.55 bits per heavy atom. The van der Waals surface area contributed by atoms with Gasteiger partial charge in [-0.05, 0) is 43.9 Å². The fourth-order valence-corrected chi connectivity index (χ4v) is 4.58. The second kappa shape index (κ2) is 6.50. The van der Waals surface area contributed by atoms with Gasteiger partial charge in [0.2, 0.25) is 10.0 Å². The second-order valence-electron chi connectivity index (χ2n) is 5.08. The fraction of sp³-hybridized carbons (Fsp3) is 0.500. The van der Waals surface area contributed by atoms with Crippen LogP contribution in [0.5, 0.6) is 0 Å². The van der Waals surface area contributed by atoms with Crippen molar-refractivity contribution in [1.29, 1.82) is 0 Å². The highest BCUT2D eigenvalue weighted by molar-refractivity contribution is 9.10. The number of nitrogens with two attached hydrogens (primary N) is 1. The van der Waals surface area contributed by atoms with Crippen molar-refractivity contribution in [3.63, 3.8) is 0 Å². The summed E-state index contributed by atoms with van der Waals surface area (Å²) >= 11 is 9.25. The summed E-state index contributed by atoms with van der Waals surface area (Å²) in [5.41, 5.74) is 5.13. The van der Waals surface area contributed by atoms with E-state index in [4.69, 9.17) is 17.3 Å². The van der Waals surface area contributed by atoms with Gasteiger partial charge in [-0.3, -0.25) is 0 Å². The third kappa shape index (κ3) is 3.87. The fourth-order valence-electron chi connectivity index (χ4n) is 2.07. The molecule has 0 bridgehead atoms. The van der Waals surface area contributed by atoms with E-state index in [1.165, 1.54) is 6.07 Å². The largest absolute Gasteiger partial charge is 0.329 e. The molecule has 0 heterocycles. The van der Waals surface area contributed by atoms with Crippen LogP contribution in [-0.4, -0.2) is 20.5 Å². The van der Waals surface area contributed by atoms with Gasteiger partial charge < -0.3 is 5.73 Å². The smallest absolute Gasteiger partial charge is 0.242 e. The van der Waals surface area contributed by atoms with Gasteiger partial charge in [-0.1, -0.05) is 27.5 Å². The van der Waals surface area contributed by atoms with Crippen molar-refractivity contribution >= 4 is 50.0 Å². The first-order valence-corrected chi connectivity index (χ1v) is 8.63. The lowest BCUT2D eigenvalue weighted by atomic mass is 9.98. The molecule has 8 heteroatoms. The summed E-state index contributed by atoms with van der Waals surface area (Å²) in [4.78, 5) is 0.0812. The van der Waals surface area contributed by atoms with Gasteiger partial charge in [0.25, 0.3) is 0 Å². The van der Waals surface area contributed by atoms with Gasteiger partial charge in [-0.25, -0.2) is 13.1 Å². The minimum atomic E-state index is -3.67. The van der Waals surface area contributed by atoms with Crippen LogP contribution in [0, 0.1) is 5.92 Å². The van der Waals surface area contributed by atoms with Gasteiger partial charge >= 0.3 is 0 Å². The van der Waals surface area contributed by atoms with Crippen LogP contribution in [-0.2, 0) is 10.0 Å². The van der Waals surface area contributed by atoms with Gasteiger partial charge in [-0.15, -0.1) is 12.4 Å². The molecule has 4 nitrogen and oxygen atoms in total. The van der Waals surface area contributed by atoms with E-state index in [-0.39, 0.29) is 28.9 Å². The average molecular weight is 404 g/mol. The van der Waals surface area contributed by atoms with Crippen molar-refractivity contribution < 1.29 is 8.42 Å². The number of benzene rings is 1. The first kappa shape index (κ1) is 18.2. The lowest BCUT2D eigenvalue weighted by molar-refractivity contribution is 0.374. The molecule has 0 spiro atoms. The number of sulfonamides is 1. The highest BCUT2D eigenvalue weighted by atomic mass is 79.9. The zero-order chi connectivity index (χ0) is 14.3. The zero-order valence-corrected chi connectivity index (χ0v) is 14.9. The van der Waals surface area contributed by atoms with Crippen LogP contribution < -0.4 is 10.5 Å². The molecular formula is C12H17BrCl2N2O2S. The normalized spacial score (nSPS) is 18.2. The summed E-state index contributed by atoms with van der Waals surface area (Å²) in [5.74, 6) is 0.307. The quantitative estimate of drug-likeness (QED) is 0.793. The molecule has 20 heavy (non-hydrogen) atoms. The zero-order valence-electron chi connectivity index (χ0n) is 10.9. The summed E-state index contributed by atoms with van der Waals surface area (Å²) in [7, 11) is -3.67. The first-order valence-electron chi connectivity index (χ1n) is 5.97. The predicted molar refractivity (Wildman–Crippen MR) is 86.9 cm³/mol. The van der Waals surface area contributed by atoms with E-state index in [1.54, 1.807) is 12.1 Å². The van der Waals surface area contributed by atoms with Crippen molar-refractivity contribution in [2.45, 2.75) is 30.2 Å². The Labute approximate surface area is 139 Å². The Kier molecular flexibility index (Phi) is 5.92. The highest BCUT2D eigenvalue weighted by Crippen LogP contribution is 2.40. The topological polar surface area (TPSA) is 72.2 Å². The third-order valence-corrected chi connectivity index (χ3v) is 6.04. The Hall–Kier alpha value is 0.150. The molecule has 3 N–H and O–H groups in total. The van der Waals surface area contributed by atoms with Crippen LogP contribution in [0.15, 0.2) is 27.6 Å². The number of hydrogen-bond donors (Lipinski definition) is 2. The summed E-state index contributed by atoms with van der Waals surface area (Å²) < 4.78 is 28.3. The maximum Gasteiger partial charge on any atom is 0.242 e. The molecule has 1 atom stereocenters. The van der Waals surface area contributed by atoms with Crippen molar-refractivity contribution in [3.05, 3.63) is 27.7 Å². The van der Waals surface area contributed by atoms with Crippen LogP contribution in [0.25, 0.3) is 0 Å². The minimum Gasteiger partial charge on any atom is -0.329 e. The van der Waals surface area contributed by atoms with Crippen LogP contribution in [0.3, 0.4) is 0 Å². The number of rotatable bonds is 5. The third-order valence-electron chi connectivity index (χ3n) is 3.45. The number of halogens is 3. The van der Waals surface area contributed by atoms with Crippen LogP contribution >= 0.6 is 39.9 Å². The number of nitrogens with one attached hydrogen (secondary N) is 1. The lowest BCUT2D eigenvalue weighted by Crippen LogP contribution is -2.53. The van der Waals surface area contributed by atoms with E-state index >= 15 is 0 Å². The summed E-state index contributed by atoms with van der Waals surface area (Å²) in [6.07, 6.45) is 2.01. The molecule has 0 saturated heterocycles. The maximum absolute atomic E-state index is 12.4. The van der Waals surface area contributed by atoms with E-state index < -0.39 is 15.6 Å². The van der Waals surface area contributed by atoms with E-state index in [0.717, 1.165) is 17.3 Å². The monoisotopic (exact) mass is 402 g/mol. The Morgan fingerprint density at radius 2 is 2.10 bits per heavy atom. The predicted octanol–water partition coefficient (Wildman–Crippen LogP) is 2.93. The molecule has 0 amide bonds. The average Bonchev–Trinajstić information content (AvgIpc) is 3.11. The molecule has 1 aliphatic carbocycles. The Morgan fingerprint density at radius 1 is 1.50 bits per heavy atom. The van der Waals surface area contributed by atoms with Crippen molar-refractivity contribution in [3.8, 4) is 0 Å². The molecule has 0 aromatic heterocycles. The molecule has 1 aromatic carbocycles. The molecule has 114 valence electrons. The summed E-state index contributed by atoms with van der Waals surface area (Å²) in [5, 5.41) is 0.192. The van der Waals surface area contributed by atoms with Gasteiger partial charge in [0.15, 0.2) is 0 Å². The van der Waals surface area contributed by atoms with E-state index in [2.05, 4.69) is 20.7 Å². The van der Waals surface area contributed by atoms with E-state index in [0.29, 0.717) is 5.92 Å². The van der Waals surface area contributed by atoms with Crippen molar-refractivity contribution in [2.24, 2.45) is 11.7 Å². The van der Waals surface area contributed by atoms with Gasteiger partial charge in [0, 0.05) is 16.6 Å². The molecule has 1 unspecified atom stereocenters. The maximum atomic E-state index is 12.4. The second-order valence-corrected chi connectivity index (χ2v) is 8.05. The van der Waals surface area contributed by atoms with E-state index in [1.807, 2.05) is 6.92 Å². The van der Waals surface area contributed by atoms with Crippen LogP contribution in [0.2, 0.25) is 5.02 Å². The van der Waals surface area contributed by atoms with Crippen molar-refractivity contribution in [2.75, 3.05) is 6.54 Å². The molecule has 1 aliphatic rings. The summed E-state index contributed by atoms with van der Waals surface area (Å²) in [6, 6.07) is 4.70. The molecule has 0 aliphatic heterocycles. The van der Waals surface area contributed by atoms with E-state index in [9.17, 15) is 8.42 Å². The number of hydrogen-bond acceptors (Lipinski definition) is 3. The highest BCUT2D eigenvalue weighted by Gasteiger charge is 2.43. The van der Waals surface area contributed by atoms with Gasteiger partial charge in [0.05, 0.1) is 5.02 Å². The molecular weight excluding hydrogens is 387 g/mol.